The van der Waals surface area contributed by atoms with Crippen LogP contribution in [0, 0.1) is 0 Å². The van der Waals surface area contributed by atoms with E-state index in [1.807, 2.05) is 30.3 Å². The Morgan fingerprint density at radius 2 is 1.66 bits per heavy atom. The molecule has 3 N–H and O–H groups in total. The van der Waals surface area contributed by atoms with Crippen molar-refractivity contribution in [3.05, 3.63) is 59.7 Å². The van der Waals surface area contributed by atoms with Crippen LogP contribution in [0.25, 0.3) is 0 Å². The van der Waals surface area contributed by atoms with Gasteiger partial charge < -0.3 is 25.2 Å². The molecule has 0 spiro atoms. The lowest BCUT2D eigenvalue weighted by molar-refractivity contribution is -0.274. The predicted molar refractivity (Wildman–Crippen MR) is 106 cm³/mol. The summed E-state index contributed by atoms with van der Waals surface area (Å²) in [6.07, 6.45) is -2.98. The number of halogens is 3. The van der Waals surface area contributed by atoms with E-state index in [1.165, 1.54) is 12.1 Å². The number of aliphatic hydroxyl groups excluding tert-OH is 1. The third kappa shape index (κ3) is 10.2. The van der Waals surface area contributed by atoms with Gasteiger partial charge in [-0.15, -0.1) is 13.2 Å². The fourth-order valence-electron chi connectivity index (χ4n) is 2.73. The van der Waals surface area contributed by atoms with Crippen molar-refractivity contribution in [2.75, 3.05) is 31.6 Å². The molecule has 8 heteroatoms. The predicted octanol–water partition coefficient (Wildman–Crippen LogP) is 4.08. The second-order valence-electron chi connectivity index (χ2n) is 6.48. The van der Waals surface area contributed by atoms with Crippen LogP contribution in [-0.2, 0) is 17.9 Å². The van der Waals surface area contributed by atoms with E-state index in [2.05, 4.69) is 15.4 Å². The summed E-state index contributed by atoms with van der Waals surface area (Å²) in [4.78, 5) is 0. The maximum Gasteiger partial charge on any atom is 0.573 e. The lowest BCUT2D eigenvalue weighted by Gasteiger charge is -2.12. The van der Waals surface area contributed by atoms with Gasteiger partial charge in [-0.3, -0.25) is 0 Å². The molecule has 0 fully saturated rings. The highest BCUT2D eigenvalue weighted by Gasteiger charge is 2.31. The zero-order chi connectivity index (χ0) is 21.0. The summed E-state index contributed by atoms with van der Waals surface area (Å²) >= 11 is 0. The summed E-state index contributed by atoms with van der Waals surface area (Å²) in [5, 5.41) is 15.7. The maximum absolute atomic E-state index is 12.4. The van der Waals surface area contributed by atoms with Crippen molar-refractivity contribution in [1.29, 1.82) is 0 Å². The fraction of sp³-hybridized carbons (Fsp3) is 0.429. The molecular formula is C21H27F3N2O3. The van der Waals surface area contributed by atoms with Gasteiger partial charge in [0.1, 0.15) is 5.75 Å². The summed E-state index contributed by atoms with van der Waals surface area (Å²) in [7, 11) is 0. The van der Waals surface area contributed by atoms with Gasteiger partial charge in [-0.25, -0.2) is 0 Å². The Balaban J connectivity index is 1.56. The third-order valence-corrected chi connectivity index (χ3v) is 4.01. The van der Waals surface area contributed by atoms with Gasteiger partial charge in [-0.05, 0) is 54.8 Å². The minimum absolute atomic E-state index is 0.321. The van der Waals surface area contributed by atoms with E-state index < -0.39 is 6.36 Å². The van der Waals surface area contributed by atoms with E-state index in [1.54, 1.807) is 6.07 Å². The van der Waals surface area contributed by atoms with Crippen molar-refractivity contribution >= 4 is 5.69 Å². The average molecular weight is 412 g/mol. The molecule has 0 saturated heterocycles. The molecular weight excluding hydrogens is 385 g/mol. The van der Waals surface area contributed by atoms with Crippen LogP contribution in [0.4, 0.5) is 18.9 Å². The number of benzene rings is 2. The topological polar surface area (TPSA) is 62.8 Å². The van der Waals surface area contributed by atoms with Crippen LogP contribution < -0.4 is 15.4 Å². The molecule has 0 bridgehead atoms. The van der Waals surface area contributed by atoms with Crippen molar-refractivity contribution in [2.24, 2.45) is 0 Å². The molecule has 0 aliphatic rings. The van der Waals surface area contributed by atoms with Gasteiger partial charge in [-0.1, -0.05) is 24.3 Å². The van der Waals surface area contributed by atoms with Gasteiger partial charge in [0, 0.05) is 25.4 Å². The largest absolute Gasteiger partial charge is 0.573 e. The SMILES string of the molecule is OCc1cc(CNCCCCOCCNc2ccccc2)cc(OC(F)(F)F)c1. The summed E-state index contributed by atoms with van der Waals surface area (Å²) in [5.74, 6) is -0.321. The molecule has 0 saturated carbocycles. The lowest BCUT2D eigenvalue weighted by Crippen LogP contribution is -2.18. The van der Waals surface area contributed by atoms with Crippen molar-refractivity contribution in [1.82, 2.24) is 5.32 Å². The van der Waals surface area contributed by atoms with Crippen molar-refractivity contribution in [3.8, 4) is 5.75 Å². The first-order valence-corrected chi connectivity index (χ1v) is 9.53. The van der Waals surface area contributed by atoms with Crippen LogP contribution in [0.15, 0.2) is 48.5 Å². The van der Waals surface area contributed by atoms with Crippen LogP contribution in [0.1, 0.15) is 24.0 Å². The first-order valence-electron chi connectivity index (χ1n) is 9.53. The zero-order valence-electron chi connectivity index (χ0n) is 16.2. The fourth-order valence-corrected chi connectivity index (χ4v) is 2.73. The highest BCUT2D eigenvalue weighted by molar-refractivity contribution is 5.42. The summed E-state index contributed by atoms with van der Waals surface area (Å²) in [6.45, 7) is 2.78. The van der Waals surface area contributed by atoms with E-state index in [4.69, 9.17) is 4.74 Å². The first-order chi connectivity index (χ1) is 14.0. The second kappa shape index (κ2) is 12.3. The Morgan fingerprint density at radius 3 is 2.38 bits per heavy atom. The summed E-state index contributed by atoms with van der Waals surface area (Å²) in [6, 6.07) is 14.1. The number of hydrogen-bond acceptors (Lipinski definition) is 5. The molecule has 29 heavy (non-hydrogen) atoms. The van der Waals surface area contributed by atoms with E-state index in [0.29, 0.717) is 37.4 Å². The summed E-state index contributed by atoms with van der Waals surface area (Å²) in [5.41, 5.74) is 2.06. The van der Waals surface area contributed by atoms with Crippen LogP contribution in [0.5, 0.6) is 5.75 Å². The molecule has 0 atom stereocenters. The second-order valence-corrected chi connectivity index (χ2v) is 6.48. The van der Waals surface area contributed by atoms with E-state index >= 15 is 0 Å². The van der Waals surface area contributed by atoms with E-state index in [0.717, 1.165) is 25.1 Å². The molecule has 2 aromatic rings. The number of rotatable bonds is 13. The molecule has 160 valence electrons. The monoisotopic (exact) mass is 412 g/mol. The Kier molecular flexibility index (Phi) is 9.76. The van der Waals surface area contributed by atoms with Gasteiger partial charge in [0.25, 0.3) is 0 Å². The van der Waals surface area contributed by atoms with Gasteiger partial charge >= 0.3 is 6.36 Å². The minimum Gasteiger partial charge on any atom is -0.406 e. The third-order valence-electron chi connectivity index (χ3n) is 4.01. The molecule has 0 amide bonds. The maximum atomic E-state index is 12.4. The minimum atomic E-state index is -4.75. The molecule has 2 aromatic carbocycles. The number of ether oxygens (including phenoxy) is 2. The Labute approximate surface area is 168 Å². The van der Waals surface area contributed by atoms with Crippen LogP contribution in [0.3, 0.4) is 0 Å². The number of unbranched alkanes of at least 4 members (excludes halogenated alkanes) is 1. The van der Waals surface area contributed by atoms with Gasteiger partial charge in [0.15, 0.2) is 0 Å². The quantitative estimate of drug-likeness (QED) is 0.433. The Morgan fingerprint density at radius 1 is 0.897 bits per heavy atom. The number of nitrogens with one attached hydrogen (secondary N) is 2. The van der Waals surface area contributed by atoms with Crippen LogP contribution >= 0.6 is 0 Å². The van der Waals surface area contributed by atoms with Crippen molar-refractivity contribution in [3.63, 3.8) is 0 Å². The number of aliphatic hydroxyl groups is 1. The van der Waals surface area contributed by atoms with E-state index in [9.17, 15) is 18.3 Å². The first kappa shape index (κ1) is 23.0. The molecule has 5 nitrogen and oxygen atoms in total. The molecule has 0 aliphatic carbocycles. The van der Waals surface area contributed by atoms with Gasteiger partial charge in [0.05, 0.1) is 13.2 Å². The Hall–Kier alpha value is -2.29. The number of anilines is 1. The summed E-state index contributed by atoms with van der Waals surface area (Å²) < 4.78 is 46.7. The number of hydrogen-bond donors (Lipinski definition) is 3. The lowest BCUT2D eigenvalue weighted by atomic mass is 10.1. The molecule has 2 rings (SSSR count). The molecule has 0 unspecified atom stereocenters. The number of alkyl halides is 3. The van der Waals surface area contributed by atoms with E-state index in [-0.39, 0.29) is 12.4 Å². The molecule has 0 heterocycles. The number of para-hydroxylation sites is 1. The zero-order valence-corrected chi connectivity index (χ0v) is 16.2. The van der Waals surface area contributed by atoms with Crippen molar-refractivity contribution in [2.45, 2.75) is 32.4 Å². The standard InChI is InChI=1S/C21H27F3N2O3/c22-21(23,24)29-20-13-17(12-18(14-20)16-27)15-25-8-4-5-10-28-11-9-26-19-6-2-1-3-7-19/h1-3,6-7,12-14,25-27H,4-5,8-11,15-16H2. The van der Waals surface area contributed by atoms with Crippen LogP contribution in [-0.4, -0.2) is 37.8 Å². The van der Waals surface area contributed by atoms with Crippen molar-refractivity contribution < 1.29 is 27.8 Å². The highest BCUT2D eigenvalue weighted by atomic mass is 19.4. The average Bonchev–Trinajstić information content (AvgIpc) is 2.68. The molecule has 0 aromatic heterocycles. The molecule has 0 aliphatic heterocycles. The van der Waals surface area contributed by atoms with Gasteiger partial charge in [0.2, 0.25) is 0 Å². The highest BCUT2D eigenvalue weighted by Crippen LogP contribution is 2.25. The normalized spacial score (nSPS) is 11.4. The van der Waals surface area contributed by atoms with Gasteiger partial charge in [-0.2, -0.15) is 0 Å². The van der Waals surface area contributed by atoms with Crippen LogP contribution in [0.2, 0.25) is 0 Å². The smallest absolute Gasteiger partial charge is 0.406 e. The Bertz CT molecular complexity index is 712. The molecule has 0 radical (unpaired) electrons.